The lowest BCUT2D eigenvalue weighted by atomic mass is 10.2. The summed E-state index contributed by atoms with van der Waals surface area (Å²) in [5.74, 6) is 0.701. The monoisotopic (exact) mass is 325 g/mol. The molecular weight excluding hydrogens is 309 g/mol. The van der Waals surface area contributed by atoms with E-state index in [2.05, 4.69) is 37.7 Å². The Morgan fingerprint density at radius 1 is 1.42 bits per heavy atom. The standard InChI is InChI=1S/C14H17BrFN3/c1-3-17-7-12-8-18-10(2)19(12)9-11-5-4-6-13(16)14(11)15/h4-6,8,17H,3,7,9H2,1-2H3. The lowest BCUT2D eigenvalue weighted by Crippen LogP contribution is -2.16. The third kappa shape index (κ3) is 3.22. The van der Waals surface area contributed by atoms with Gasteiger partial charge in [0.2, 0.25) is 0 Å². The van der Waals surface area contributed by atoms with Gasteiger partial charge in [-0.2, -0.15) is 0 Å². The number of benzene rings is 1. The second kappa shape index (κ2) is 6.30. The van der Waals surface area contributed by atoms with Crippen molar-refractivity contribution >= 4 is 15.9 Å². The van der Waals surface area contributed by atoms with E-state index < -0.39 is 0 Å². The maximum Gasteiger partial charge on any atom is 0.137 e. The van der Waals surface area contributed by atoms with Gasteiger partial charge in [-0.25, -0.2) is 9.37 Å². The Hall–Kier alpha value is -1.20. The van der Waals surface area contributed by atoms with E-state index in [-0.39, 0.29) is 5.82 Å². The Labute approximate surface area is 121 Å². The number of aryl methyl sites for hydroxylation is 1. The number of hydrogen-bond donors (Lipinski definition) is 1. The molecule has 0 fully saturated rings. The molecule has 0 bridgehead atoms. The molecule has 102 valence electrons. The fourth-order valence-corrected chi connectivity index (χ4v) is 2.36. The summed E-state index contributed by atoms with van der Waals surface area (Å²) in [5.41, 5.74) is 2.02. The van der Waals surface area contributed by atoms with Gasteiger partial charge in [-0.15, -0.1) is 0 Å². The van der Waals surface area contributed by atoms with Crippen molar-refractivity contribution < 1.29 is 4.39 Å². The molecule has 19 heavy (non-hydrogen) atoms. The second-order valence-corrected chi connectivity index (χ2v) is 5.17. The minimum absolute atomic E-state index is 0.233. The van der Waals surface area contributed by atoms with Crippen molar-refractivity contribution in [3.63, 3.8) is 0 Å². The first-order chi connectivity index (χ1) is 9.13. The van der Waals surface area contributed by atoms with Crippen LogP contribution in [0.5, 0.6) is 0 Å². The zero-order valence-corrected chi connectivity index (χ0v) is 12.7. The first kappa shape index (κ1) is 14.2. The summed E-state index contributed by atoms with van der Waals surface area (Å²) in [6.45, 7) is 6.32. The average molecular weight is 326 g/mol. The molecule has 0 saturated carbocycles. The van der Waals surface area contributed by atoms with Crippen molar-refractivity contribution in [1.82, 2.24) is 14.9 Å². The van der Waals surface area contributed by atoms with E-state index in [1.54, 1.807) is 6.07 Å². The van der Waals surface area contributed by atoms with Crippen LogP contribution in [0.15, 0.2) is 28.9 Å². The van der Waals surface area contributed by atoms with Crippen molar-refractivity contribution in [2.45, 2.75) is 26.9 Å². The van der Waals surface area contributed by atoms with Gasteiger partial charge in [-0.1, -0.05) is 19.1 Å². The van der Waals surface area contributed by atoms with Gasteiger partial charge in [-0.3, -0.25) is 0 Å². The van der Waals surface area contributed by atoms with Crippen molar-refractivity contribution in [2.24, 2.45) is 0 Å². The molecule has 0 aliphatic rings. The molecular formula is C14H17BrFN3. The molecule has 0 spiro atoms. The van der Waals surface area contributed by atoms with Crippen LogP contribution in [0.25, 0.3) is 0 Å². The summed E-state index contributed by atoms with van der Waals surface area (Å²) < 4.78 is 16.2. The normalized spacial score (nSPS) is 10.9. The lowest BCUT2D eigenvalue weighted by molar-refractivity contribution is 0.610. The highest BCUT2D eigenvalue weighted by Gasteiger charge is 2.10. The van der Waals surface area contributed by atoms with Gasteiger partial charge in [0.25, 0.3) is 0 Å². The Balaban J connectivity index is 2.27. The van der Waals surface area contributed by atoms with Crippen molar-refractivity contribution in [1.29, 1.82) is 0 Å². The molecule has 0 aliphatic carbocycles. The highest BCUT2D eigenvalue weighted by molar-refractivity contribution is 9.10. The van der Waals surface area contributed by atoms with Gasteiger partial charge >= 0.3 is 0 Å². The summed E-state index contributed by atoms with van der Waals surface area (Å²) in [7, 11) is 0. The molecule has 0 saturated heterocycles. The third-order valence-corrected chi connectivity index (χ3v) is 3.94. The number of nitrogens with zero attached hydrogens (tertiary/aromatic N) is 2. The third-order valence-electron chi connectivity index (χ3n) is 3.05. The molecule has 1 aromatic carbocycles. The number of rotatable bonds is 5. The fraction of sp³-hybridized carbons (Fsp3) is 0.357. The van der Waals surface area contributed by atoms with Crippen molar-refractivity contribution in [3.05, 3.63) is 51.8 Å². The number of imidazole rings is 1. The Bertz CT molecular complexity index is 566. The van der Waals surface area contributed by atoms with Crippen LogP contribution in [-0.2, 0) is 13.1 Å². The van der Waals surface area contributed by atoms with Crippen molar-refractivity contribution in [2.75, 3.05) is 6.54 Å². The zero-order chi connectivity index (χ0) is 13.8. The Kier molecular flexibility index (Phi) is 4.71. The molecule has 1 N–H and O–H groups in total. The van der Waals surface area contributed by atoms with Crippen LogP contribution in [-0.4, -0.2) is 16.1 Å². The zero-order valence-electron chi connectivity index (χ0n) is 11.1. The number of halogens is 2. The SMILES string of the molecule is CCNCc1cnc(C)n1Cc1cccc(F)c1Br. The van der Waals surface area contributed by atoms with Gasteiger partial charge in [0.15, 0.2) is 0 Å². The fourth-order valence-electron chi connectivity index (χ4n) is 1.97. The first-order valence-corrected chi connectivity index (χ1v) is 7.07. The molecule has 1 heterocycles. The summed E-state index contributed by atoms with van der Waals surface area (Å²) in [5, 5.41) is 3.28. The molecule has 2 rings (SSSR count). The van der Waals surface area contributed by atoms with Crippen LogP contribution < -0.4 is 5.32 Å². The quantitative estimate of drug-likeness (QED) is 0.914. The van der Waals surface area contributed by atoms with Crippen LogP contribution in [0.3, 0.4) is 0 Å². The number of aromatic nitrogens is 2. The summed E-state index contributed by atoms with van der Waals surface area (Å²) in [6, 6.07) is 5.10. The maximum atomic E-state index is 13.5. The predicted molar refractivity (Wildman–Crippen MR) is 77.5 cm³/mol. The van der Waals surface area contributed by atoms with Crippen LogP contribution in [0.4, 0.5) is 4.39 Å². The maximum absolute atomic E-state index is 13.5. The largest absolute Gasteiger partial charge is 0.327 e. The Morgan fingerprint density at radius 2 is 2.21 bits per heavy atom. The molecule has 0 radical (unpaired) electrons. The highest BCUT2D eigenvalue weighted by Crippen LogP contribution is 2.22. The van der Waals surface area contributed by atoms with Crippen LogP contribution >= 0.6 is 15.9 Å². The average Bonchev–Trinajstić information content (AvgIpc) is 2.74. The summed E-state index contributed by atoms with van der Waals surface area (Å²) >= 11 is 3.30. The molecule has 3 nitrogen and oxygen atoms in total. The van der Waals surface area contributed by atoms with Crippen molar-refractivity contribution in [3.8, 4) is 0 Å². The first-order valence-electron chi connectivity index (χ1n) is 6.28. The smallest absolute Gasteiger partial charge is 0.137 e. The molecule has 5 heteroatoms. The van der Waals surface area contributed by atoms with E-state index >= 15 is 0 Å². The number of hydrogen-bond acceptors (Lipinski definition) is 2. The molecule has 0 atom stereocenters. The lowest BCUT2D eigenvalue weighted by Gasteiger charge is -2.12. The van der Waals surface area contributed by atoms with Gasteiger partial charge in [0.05, 0.1) is 16.7 Å². The molecule has 0 unspecified atom stereocenters. The van der Waals surface area contributed by atoms with E-state index in [0.29, 0.717) is 11.0 Å². The molecule has 0 aliphatic heterocycles. The van der Waals surface area contributed by atoms with Crippen LogP contribution in [0.1, 0.15) is 24.0 Å². The van der Waals surface area contributed by atoms with Gasteiger partial charge < -0.3 is 9.88 Å². The number of nitrogens with one attached hydrogen (secondary N) is 1. The van der Waals surface area contributed by atoms with E-state index in [1.165, 1.54) is 6.07 Å². The van der Waals surface area contributed by atoms with Crippen LogP contribution in [0.2, 0.25) is 0 Å². The highest BCUT2D eigenvalue weighted by atomic mass is 79.9. The van der Waals surface area contributed by atoms with Crippen LogP contribution in [0, 0.1) is 12.7 Å². The van der Waals surface area contributed by atoms with E-state index in [4.69, 9.17) is 0 Å². The van der Waals surface area contributed by atoms with E-state index in [1.807, 2.05) is 19.2 Å². The topological polar surface area (TPSA) is 29.9 Å². The Morgan fingerprint density at radius 3 is 2.95 bits per heavy atom. The molecule has 1 aromatic heterocycles. The predicted octanol–water partition coefficient (Wildman–Crippen LogP) is 3.25. The van der Waals surface area contributed by atoms with E-state index in [0.717, 1.165) is 30.2 Å². The minimum atomic E-state index is -0.233. The van der Waals surface area contributed by atoms with Gasteiger partial charge in [-0.05, 0) is 41.0 Å². The van der Waals surface area contributed by atoms with Gasteiger partial charge in [0, 0.05) is 12.7 Å². The van der Waals surface area contributed by atoms with E-state index in [9.17, 15) is 4.39 Å². The summed E-state index contributed by atoms with van der Waals surface area (Å²) in [6.07, 6.45) is 1.87. The minimum Gasteiger partial charge on any atom is -0.327 e. The molecule has 0 amide bonds. The molecule has 2 aromatic rings. The van der Waals surface area contributed by atoms with Gasteiger partial charge in [0.1, 0.15) is 11.6 Å². The second-order valence-electron chi connectivity index (χ2n) is 4.38. The summed E-state index contributed by atoms with van der Waals surface area (Å²) in [4.78, 5) is 4.33.